The number of carbonyl (C=O) groups is 1. The predicted octanol–water partition coefficient (Wildman–Crippen LogP) is 6.08. The Kier molecular flexibility index (Phi) is 10.8. The third-order valence-corrected chi connectivity index (χ3v) is 12.5. The fraction of sp³-hybridized carbons (Fsp3) is 0.594. The van der Waals surface area contributed by atoms with Gasteiger partial charge in [-0.05, 0) is 57.0 Å². The van der Waals surface area contributed by atoms with Crippen molar-refractivity contribution in [3.05, 3.63) is 71.8 Å². The lowest BCUT2D eigenvalue weighted by Crippen LogP contribution is -2.58. The molecule has 0 radical (unpaired) electrons. The molecule has 3 rings (SSSR count). The normalized spacial score (nSPS) is 20.8. The third kappa shape index (κ3) is 8.47. The van der Waals surface area contributed by atoms with Gasteiger partial charge in [-0.2, -0.15) is 0 Å². The van der Waals surface area contributed by atoms with Crippen LogP contribution in [0.15, 0.2) is 60.7 Å². The Morgan fingerprint density at radius 3 is 2.12 bits per heavy atom. The molecule has 2 aromatic carbocycles. The average Bonchev–Trinajstić information content (AvgIpc) is 3.34. The van der Waals surface area contributed by atoms with Crippen molar-refractivity contribution in [2.24, 2.45) is 0 Å². The van der Waals surface area contributed by atoms with Gasteiger partial charge >= 0.3 is 5.97 Å². The van der Waals surface area contributed by atoms with E-state index in [4.69, 9.17) is 18.6 Å². The zero-order chi connectivity index (χ0) is 29.7. The summed E-state index contributed by atoms with van der Waals surface area (Å²) in [5, 5.41) is 11.8. The Morgan fingerprint density at radius 2 is 1.57 bits per heavy atom. The summed E-state index contributed by atoms with van der Waals surface area (Å²) >= 11 is 0. The molecule has 40 heavy (non-hydrogen) atoms. The number of nitrogens with zero attached hydrogens (tertiary/aromatic N) is 1. The van der Waals surface area contributed by atoms with Gasteiger partial charge in [-0.3, -0.25) is 4.90 Å². The Labute approximate surface area is 241 Å². The second-order valence-corrected chi connectivity index (χ2v) is 18.0. The van der Waals surface area contributed by atoms with Gasteiger partial charge in [0, 0.05) is 12.6 Å². The number of aliphatic hydroxyl groups excluding tert-OH is 1. The van der Waals surface area contributed by atoms with Crippen molar-refractivity contribution in [1.29, 1.82) is 0 Å². The lowest BCUT2D eigenvalue weighted by molar-refractivity contribution is -0.174. The van der Waals surface area contributed by atoms with Crippen molar-refractivity contribution in [3.8, 4) is 0 Å². The highest BCUT2D eigenvalue weighted by molar-refractivity contribution is 6.74. The van der Waals surface area contributed by atoms with Crippen LogP contribution in [0.1, 0.15) is 65.6 Å². The van der Waals surface area contributed by atoms with Gasteiger partial charge in [0.25, 0.3) is 0 Å². The monoisotopic (exact) mass is 571 g/mol. The average molecular weight is 572 g/mol. The van der Waals surface area contributed by atoms with E-state index in [0.29, 0.717) is 13.2 Å². The van der Waals surface area contributed by atoms with Crippen LogP contribution in [-0.2, 0) is 30.0 Å². The van der Waals surface area contributed by atoms with Crippen LogP contribution in [0.3, 0.4) is 0 Å². The number of benzene rings is 2. The Balaban J connectivity index is 2.04. The number of rotatable bonds is 11. The first-order valence-corrected chi connectivity index (χ1v) is 17.1. The van der Waals surface area contributed by atoms with Gasteiger partial charge in [0.1, 0.15) is 24.6 Å². The SMILES string of the molecule is CC(c1ccccc1)N(Cc1ccccc1)C([C@@H](O)C(=O)OC(C)(C)C)[C@@H]1OCO[C@H]1CO[Si](C)(C)C(C)(C)C. The van der Waals surface area contributed by atoms with Crippen LogP contribution in [-0.4, -0.2) is 67.6 Å². The quantitative estimate of drug-likeness (QED) is 0.259. The molecule has 1 N–H and O–H groups in total. The van der Waals surface area contributed by atoms with Gasteiger partial charge < -0.3 is 23.7 Å². The van der Waals surface area contributed by atoms with E-state index in [0.717, 1.165) is 11.1 Å². The van der Waals surface area contributed by atoms with Crippen molar-refractivity contribution in [2.75, 3.05) is 13.4 Å². The first-order valence-electron chi connectivity index (χ1n) is 14.2. The van der Waals surface area contributed by atoms with Crippen LogP contribution >= 0.6 is 0 Å². The van der Waals surface area contributed by atoms with Crippen LogP contribution < -0.4 is 0 Å². The van der Waals surface area contributed by atoms with E-state index in [1.54, 1.807) is 20.8 Å². The van der Waals surface area contributed by atoms with Crippen LogP contribution in [0.2, 0.25) is 18.1 Å². The summed E-state index contributed by atoms with van der Waals surface area (Å²) in [5.74, 6) is -0.685. The number of aliphatic hydroxyl groups is 1. The predicted molar refractivity (Wildman–Crippen MR) is 160 cm³/mol. The van der Waals surface area contributed by atoms with Crippen molar-refractivity contribution >= 4 is 14.3 Å². The van der Waals surface area contributed by atoms with E-state index in [1.165, 1.54) is 0 Å². The molecule has 1 saturated heterocycles. The van der Waals surface area contributed by atoms with E-state index in [1.807, 2.05) is 48.5 Å². The van der Waals surface area contributed by atoms with Gasteiger partial charge in [-0.1, -0.05) is 81.4 Å². The molecule has 222 valence electrons. The first kappa shape index (κ1) is 32.4. The van der Waals surface area contributed by atoms with Crippen molar-refractivity contribution < 1.29 is 28.5 Å². The number of esters is 1. The minimum Gasteiger partial charge on any atom is -0.458 e. The summed E-state index contributed by atoms with van der Waals surface area (Å²) in [5.41, 5.74) is 1.36. The molecule has 1 aliphatic rings. The second kappa shape index (κ2) is 13.3. The minimum absolute atomic E-state index is 0.0263. The molecule has 0 aliphatic carbocycles. The lowest BCUT2D eigenvalue weighted by atomic mass is 9.94. The lowest BCUT2D eigenvalue weighted by Gasteiger charge is -2.43. The van der Waals surface area contributed by atoms with Crippen molar-refractivity contribution in [1.82, 2.24) is 4.90 Å². The van der Waals surface area contributed by atoms with E-state index >= 15 is 0 Å². The molecule has 8 heteroatoms. The maximum absolute atomic E-state index is 13.4. The number of carbonyl (C=O) groups excluding carboxylic acids is 1. The molecule has 1 aliphatic heterocycles. The molecule has 0 spiro atoms. The smallest absolute Gasteiger partial charge is 0.337 e. The van der Waals surface area contributed by atoms with Crippen LogP contribution in [0.25, 0.3) is 0 Å². The molecule has 0 aromatic heterocycles. The highest BCUT2D eigenvalue weighted by Gasteiger charge is 2.48. The van der Waals surface area contributed by atoms with Crippen molar-refractivity contribution in [3.63, 3.8) is 0 Å². The topological polar surface area (TPSA) is 77.5 Å². The summed E-state index contributed by atoms with van der Waals surface area (Å²) in [7, 11) is -2.08. The largest absolute Gasteiger partial charge is 0.458 e. The van der Waals surface area contributed by atoms with Crippen molar-refractivity contribution in [2.45, 2.75) is 109 Å². The van der Waals surface area contributed by atoms with Gasteiger partial charge in [-0.15, -0.1) is 0 Å². The second-order valence-electron chi connectivity index (χ2n) is 13.2. The molecular weight excluding hydrogens is 522 g/mol. The molecule has 5 atom stereocenters. The summed E-state index contributed by atoms with van der Waals surface area (Å²) in [6, 6.07) is 19.2. The maximum atomic E-state index is 13.4. The molecule has 2 aromatic rings. The Hall–Kier alpha value is -2.07. The van der Waals surface area contributed by atoms with Gasteiger partial charge in [0.2, 0.25) is 0 Å². The van der Waals surface area contributed by atoms with E-state index in [-0.39, 0.29) is 17.9 Å². The van der Waals surface area contributed by atoms with E-state index < -0.39 is 44.2 Å². The van der Waals surface area contributed by atoms with Crippen LogP contribution in [0, 0.1) is 0 Å². The third-order valence-electron chi connectivity index (χ3n) is 8.00. The Bertz CT molecular complexity index is 1070. The highest BCUT2D eigenvalue weighted by atomic mass is 28.4. The number of hydrogen-bond acceptors (Lipinski definition) is 7. The first-order chi connectivity index (χ1) is 18.6. The summed E-state index contributed by atoms with van der Waals surface area (Å²) in [6.07, 6.45) is -2.56. The molecule has 0 saturated carbocycles. The van der Waals surface area contributed by atoms with E-state index in [2.05, 4.69) is 57.8 Å². The van der Waals surface area contributed by atoms with Crippen LogP contribution in [0.4, 0.5) is 0 Å². The molecule has 0 amide bonds. The fourth-order valence-electron chi connectivity index (χ4n) is 4.64. The summed E-state index contributed by atoms with van der Waals surface area (Å²) in [4.78, 5) is 15.5. The molecular formula is C32H49NO6Si. The Morgan fingerprint density at radius 1 is 1.00 bits per heavy atom. The molecule has 2 unspecified atom stereocenters. The van der Waals surface area contributed by atoms with Gasteiger partial charge in [0.05, 0.1) is 12.6 Å². The maximum Gasteiger partial charge on any atom is 0.337 e. The molecule has 1 fully saturated rings. The fourth-order valence-corrected chi connectivity index (χ4v) is 5.66. The van der Waals surface area contributed by atoms with Gasteiger partial charge in [-0.25, -0.2) is 4.79 Å². The number of hydrogen-bond donors (Lipinski definition) is 1. The highest BCUT2D eigenvalue weighted by Crippen LogP contribution is 2.38. The minimum atomic E-state index is -2.08. The summed E-state index contributed by atoms with van der Waals surface area (Å²) < 4.78 is 24.5. The van der Waals surface area contributed by atoms with Gasteiger partial charge in [0.15, 0.2) is 14.4 Å². The van der Waals surface area contributed by atoms with Crippen LogP contribution in [0.5, 0.6) is 0 Å². The molecule has 0 bridgehead atoms. The molecule has 1 heterocycles. The summed E-state index contributed by atoms with van der Waals surface area (Å²) in [6.45, 7) is 19.3. The zero-order valence-corrected chi connectivity index (χ0v) is 26.7. The van der Waals surface area contributed by atoms with E-state index in [9.17, 15) is 9.90 Å². The zero-order valence-electron chi connectivity index (χ0n) is 25.7. The molecule has 7 nitrogen and oxygen atoms in total. The number of ether oxygens (including phenoxy) is 3. The standard InChI is InChI=1S/C32H49NO6Si/c1-23(25-18-14-11-15-19-25)33(20-24-16-12-10-13-17-24)27(28(34)30(35)39-31(2,3)4)29-26(36-22-37-29)21-38-40(8,9)32(5,6)7/h10-19,23,26-29,34H,20-22H2,1-9H3/t23?,26-,27?,28+,29+/m0/s1.